The number of carbonyl (C=O) groups is 1. The average molecular weight is 325 g/mol. The van der Waals surface area contributed by atoms with Gasteiger partial charge in [0, 0.05) is 29.5 Å². The first-order valence-electron chi connectivity index (χ1n) is 7.46. The molecule has 122 valence electrons. The Kier molecular flexibility index (Phi) is 4.55. The minimum absolute atomic E-state index is 0.0499. The Balaban J connectivity index is 1.61. The Hall–Kier alpha value is -3.16. The molecule has 2 atom stereocenters. The first-order valence-corrected chi connectivity index (χ1v) is 7.46. The molecule has 0 amide bonds. The molecule has 1 aromatic rings. The van der Waals surface area contributed by atoms with Gasteiger partial charge in [-0.2, -0.15) is 10.2 Å². The molecule has 0 aromatic heterocycles. The maximum absolute atomic E-state index is 11.7. The predicted octanol–water partition coefficient (Wildman–Crippen LogP) is 2.54. The summed E-state index contributed by atoms with van der Waals surface area (Å²) in [5.74, 6) is 0.265. The molecule has 0 spiro atoms. The average Bonchev–Trinajstić information content (AvgIpc) is 3.06. The largest absolute Gasteiger partial charge is 0.290 e. The normalized spacial score (nSPS) is 26.2. The number of amidine groups is 1. The van der Waals surface area contributed by atoms with Crippen molar-refractivity contribution in [3.63, 3.8) is 0 Å². The van der Waals surface area contributed by atoms with Crippen LogP contribution in [0.25, 0.3) is 0 Å². The smallest absolute Gasteiger partial charge is 0.235 e. The van der Waals surface area contributed by atoms with E-state index in [-0.39, 0.29) is 18.2 Å². The molecule has 1 aliphatic heterocycles. The molecule has 1 aliphatic carbocycles. The summed E-state index contributed by atoms with van der Waals surface area (Å²) >= 11 is 0. The van der Waals surface area contributed by atoms with Gasteiger partial charge in [-0.25, -0.2) is 0 Å². The van der Waals surface area contributed by atoms with Crippen molar-refractivity contribution < 1.29 is 9.72 Å². The van der Waals surface area contributed by atoms with Crippen LogP contribution in [0.5, 0.6) is 0 Å². The molecule has 1 N–H and O–H groups in total. The van der Waals surface area contributed by atoms with Gasteiger partial charge in [-0.1, -0.05) is 30.3 Å². The molecule has 0 saturated heterocycles. The van der Waals surface area contributed by atoms with Crippen LogP contribution in [-0.4, -0.2) is 22.6 Å². The summed E-state index contributed by atoms with van der Waals surface area (Å²) in [6.07, 6.45) is 4.53. The van der Waals surface area contributed by atoms with Gasteiger partial charge in [-0.3, -0.25) is 20.3 Å². The van der Waals surface area contributed by atoms with Gasteiger partial charge in [0.05, 0.1) is 0 Å². The van der Waals surface area contributed by atoms with Gasteiger partial charge in [0.25, 0.3) is 0 Å². The predicted molar refractivity (Wildman–Crippen MR) is 86.9 cm³/mol. The maximum Gasteiger partial charge on any atom is 0.235 e. The Morgan fingerprint density at radius 1 is 1.29 bits per heavy atom. The number of hydrogen-bond acceptors (Lipinski definition) is 6. The lowest BCUT2D eigenvalue weighted by atomic mass is 9.97. The van der Waals surface area contributed by atoms with Crippen LogP contribution < -0.4 is 5.43 Å². The molecule has 1 heterocycles. The molecule has 3 rings (SSSR count). The van der Waals surface area contributed by atoms with Crippen LogP contribution in [-0.2, 0) is 4.79 Å². The number of hydrazone groups is 1. The molecule has 2 aliphatic rings. The fourth-order valence-electron chi connectivity index (χ4n) is 2.48. The maximum atomic E-state index is 11.7. The summed E-state index contributed by atoms with van der Waals surface area (Å²) in [5.41, 5.74) is 4.03. The summed E-state index contributed by atoms with van der Waals surface area (Å²) in [6, 6.07) is 8.84. The van der Waals surface area contributed by atoms with E-state index in [4.69, 9.17) is 0 Å². The molecular formula is C16H15N5O3. The Morgan fingerprint density at radius 2 is 2.08 bits per heavy atom. The molecular weight excluding hydrogens is 310 g/mol. The topological polar surface area (TPSA) is 109 Å². The number of carbonyl (C=O) groups excluding carboxylic acids is 1. The van der Waals surface area contributed by atoms with E-state index >= 15 is 0 Å². The van der Waals surface area contributed by atoms with Crippen molar-refractivity contribution in [2.45, 2.75) is 24.9 Å². The van der Waals surface area contributed by atoms with E-state index in [0.717, 1.165) is 5.56 Å². The number of azo groups is 1. The third-order valence-electron chi connectivity index (χ3n) is 3.79. The number of hydrogen-bond donors (Lipinski definition) is 1. The third-order valence-corrected chi connectivity index (χ3v) is 3.79. The lowest BCUT2D eigenvalue weighted by Gasteiger charge is -2.11. The molecule has 0 saturated carbocycles. The summed E-state index contributed by atoms with van der Waals surface area (Å²) in [7, 11) is 0. The molecule has 1 aromatic carbocycles. The number of nitrogens with zero attached hydrogens (tertiary/aromatic N) is 4. The van der Waals surface area contributed by atoms with E-state index in [1.54, 1.807) is 0 Å². The lowest BCUT2D eigenvalue weighted by molar-refractivity contribution is -0.508. The SMILES string of the molecule is O=C1C=CC([N+](=O)[O-])C/C1=C\N/N=C1\CC(c2ccccc2)N=N1. The summed E-state index contributed by atoms with van der Waals surface area (Å²) < 4.78 is 0. The monoisotopic (exact) mass is 325 g/mol. The minimum atomic E-state index is -0.878. The first-order chi connectivity index (χ1) is 11.6. The number of allylic oxidation sites excluding steroid dienone is 1. The second-order valence-electron chi connectivity index (χ2n) is 5.45. The zero-order chi connectivity index (χ0) is 16.9. The molecule has 24 heavy (non-hydrogen) atoms. The zero-order valence-electron chi connectivity index (χ0n) is 12.7. The Labute approximate surface area is 137 Å². The van der Waals surface area contributed by atoms with Crippen molar-refractivity contribution in [3.8, 4) is 0 Å². The third kappa shape index (κ3) is 3.60. The number of nitrogens with one attached hydrogen (secondary N) is 1. The highest BCUT2D eigenvalue weighted by Crippen LogP contribution is 2.27. The molecule has 8 heteroatoms. The van der Waals surface area contributed by atoms with Crippen LogP contribution in [0.3, 0.4) is 0 Å². The number of nitro groups is 1. The fourth-order valence-corrected chi connectivity index (χ4v) is 2.48. The van der Waals surface area contributed by atoms with Gasteiger partial charge in [0.2, 0.25) is 6.04 Å². The summed E-state index contributed by atoms with van der Waals surface area (Å²) in [4.78, 5) is 22.1. The minimum Gasteiger partial charge on any atom is -0.290 e. The molecule has 8 nitrogen and oxygen atoms in total. The number of benzene rings is 1. The summed E-state index contributed by atoms with van der Waals surface area (Å²) in [5, 5.41) is 23.1. The molecule has 0 fully saturated rings. The van der Waals surface area contributed by atoms with E-state index in [1.807, 2.05) is 30.3 Å². The number of ketones is 1. The van der Waals surface area contributed by atoms with Gasteiger partial charge in [0.15, 0.2) is 11.6 Å². The van der Waals surface area contributed by atoms with E-state index in [9.17, 15) is 14.9 Å². The van der Waals surface area contributed by atoms with E-state index < -0.39 is 11.0 Å². The standard InChI is InChI=1S/C16H15N5O3/c22-15-7-6-13(21(23)24)8-12(15)10-17-19-16-9-14(18-20-16)11-4-2-1-3-5-11/h1-7,10,13-14,17H,8-9H2/b12-10+,19-16+. The molecule has 0 radical (unpaired) electrons. The van der Waals surface area contributed by atoms with Gasteiger partial charge in [-0.15, -0.1) is 5.11 Å². The van der Waals surface area contributed by atoms with Crippen LogP contribution >= 0.6 is 0 Å². The van der Waals surface area contributed by atoms with Crippen molar-refractivity contribution in [2.75, 3.05) is 0 Å². The van der Waals surface area contributed by atoms with Gasteiger partial charge < -0.3 is 0 Å². The van der Waals surface area contributed by atoms with E-state index in [2.05, 4.69) is 20.8 Å². The fraction of sp³-hybridized carbons (Fsp3) is 0.250. The second-order valence-corrected chi connectivity index (χ2v) is 5.45. The van der Waals surface area contributed by atoms with E-state index in [1.165, 1.54) is 18.4 Å². The van der Waals surface area contributed by atoms with Crippen LogP contribution in [0, 0.1) is 10.1 Å². The highest BCUT2D eigenvalue weighted by molar-refractivity contribution is 6.04. The van der Waals surface area contributed by atoms with Crippen molar-refractivity contribution in [1.82, 2.24) is 5.43 Å². The number of rotatable bonds is 4. The van der Waals surface area contributed by atoms with Crippen LogP contribution in [0.4, 0.5) is 0 Å². The zero-order valence-corrected chi connectivity index (χ0v) is 12.7. The summed E-state index contributed by atoms with van der Waals surface area (Å²) in [6.45, 7) is 0. The molecule has 0 bridgehead atoms. The lowest BCUT2D eigenvalue weighted by Crippen LogP contribution is -2.24. The quantitative estimate of drug-likeness (QED) is 0.521. The molecule has 2 unspecified atom stereocenters. The first kappa shape index (κ1) is 15.7. The van der Waals surface area contributed by atoms with Crippen molar-refractivity contribution in [3.05, 3.63) is 69.9 Å². The van der Waals surface area contributed by atoms with Gasteiger partial charge in [-0.05, 0) is 17.7 Å². The van der Waals surface area contributed by atoms with Crippen molar-refractivity contribution in [2.24, 2.45) is 15.3 Å². The van der Waals surface area contributed by atoms with Crippen LogP contribution in [0.2, 0.25) is 0 Å². The van der Waals surface area contributed by atoms with Gasteiger partial charge >= 0.3 is 0 Å². The van der Waals surface area contributed by atoms with Crippen LogP contribution in [0.1, 0.15) is 24.4 Å². The Bertz CT molecular complexity index is 767. The van der Waals surface area contributed by atoms with Crippen molar-refractivity contribution >= 4 is 11.6 Å². The Morgan fingerprint density at radius 3 is 2.83 bits per heavy atom. The highest BCUT2D eigenvalue weighted by atomic mass is 16.6. The van der Waals surface area contributed by atoms with Crippen molar-refractivity contribution in [1.29, 1.82) is 0 Å². The highest BCUT2D eigenvalue weighted by Gasteiger charge is 2.26. The second kappa shape index (κ2) is 6.95. The van der Waals surface area contributed by atoms with E-state index in [0.29, 0.717) is 17.8 Å². The van der Waals surface area contributed by atoms with Gasteiger partial charge in [0.1, 0.15) is 6.04 Å². The van der Waals surface area contributed by atoms with Crippen LogP contribution in [0.15, 0.2) is 69.6 Å².